The van der Waals surface area contributed by atoms with Crippen LogP contribution in [0.4, 0.5) is 4.79 Å². The third kappa shape index (κ3) is 3.28. The van der Waals surface area contributed by atoms with Gasteiger partial charge in [0, 0.05) is 24.6 Å². The molecule has 0 bridgehead atoms. The summed E-state index contributed by atoms with van der Waals surface area (Å²) in [6.07, 6.45) is 8.01. The van der Waals surface area contributed by atoms with E-state index in [0.717, 1.165) is 43.7 Å². The minimum Gasteiger partial charge on any atom is -0.361 e. The number of carbonyl (C=O) groups is 1. The summed E-state index contributed by atoms with van der Waals surface area (Å²) in [6.45, 7) is 4.99. The van der Waals surface area contributed by atoms with Crippen molar-refractivity contribution in [1.82, 2.24) is 15.4 Å². The lowest BCUT2D eigenvalue weighted by Gasteiger charge is -2.28. The van der Waals surface area contributed by atoms with Gasteiger partial charge in [0.1, 0.15) is 11.5 Å². The number of nitrogens with one attached hydrogen (secondary N) is 1. The number of carbonyl (C=O) groups excluding carboxylic acids is 1. The zero-order valence-corrected chi connectivity index (χ0v) is 13.7. The number of likely N-dealkylation sites (tertiary alicyclic amines) is 1. The summed E-state index contributed by atoms with van der Waals surface area (Å²) >= 11 is 0. The van der Waals surface area contributed by atoms with Gasteiger partial charge in [-0.2, -0.15) is 0 Å². The predicted molar refractivity (Wildman–Crippen MR) is 84.7 cm³/mol. The first-order valence-electron chi connectivity index (χ1n) is 8.69. The van der Waals surface area contributed by atoms with Crippen molar-refractivity contribution in [3.8, 4) is 0 Å². The third-order valence-electron chi connectivity index (χ3n) is 4.90. The highest BCUT2D eigenvalue weighted by Gasteiger charge is 2.33. The zero-order valence-electron chi connectivity index (χ0n) is 13.7. The van der Waals surface area contributed by atoms with Crippen LogP contribution in [0.2, 0.25) is 0 Å². The Hall–Kier alpha value is -1.52. The van der Waals surface area contributed by atoms with Crippen molar-refractivity contribution in [2.45, 2.75) is 76.8 Å². The molecule has 5 nitrogen and oxygen atoms in total. The first-order valence-corrected chi connectivity index (χ1v) is 8.69. The van der Waals surface area contributed by atoms with E-state index < -0.39 is 0 Å². The number of urea groups is 1. The maximum Gasteiger partial charge on any atom is 0.318 e. The van der Waals surface area contributed by atoms with Crippen LogP contribution in [0, 0.1) is 0 Å². The summed E-state index contributed by atoms with van der Waals surface area (Å²) in [7, 11) is 0. The molecule has 5 heteroatoms. The van der Waals surface area contributed by atoms with Crippen molar-refractivity contribution in [1.29, 1.82) is 0 Å². The second-order valence-electron chi connectivity index (χ2n) is 6.94. The van der Waals surface area contributed by atoms with Gasteiger partial charge in [-0.1, -0.05) is 38.3 Å². The Balaban J connectivity index is 1.65. The van der Waals surface area contributed by atoms with E-state index in [2.05, 4.69) is 24.3 Å². The molecule has 1 aliphatic heterocycles. The first-order chi connectivity index (χ1) is 10.6. The van der Waals surface area contributed by atoms with Crippen molar-refractivity contribution in [3.63, 3.8) is 0 Å². The van der Waals surface area contributed by atoms with Gasteiger partial charge >= 0.3 is 6.03 Å². The highest BCUT2D eigenvalue weighted by atomic mass is 16.5. The molecule has 1 N–H and O–H groups in total. The smallest absolute Gasteiger partial charge is 0.318 e. The van der Waals surface area contributed by atoms with E-state index in [1.165, 1.54) is 19.3 Å². The van der Waals surface area contributed by atoms with Crippen molar-refractivity contribution in [2.75, 3.05) is 6.54 Å². The summed E-state index contributed by atoms with van der Waals surface area (Å²) in [5.74, 6) is 1.22. The number of rotatable bonds is 3. The lowest BCUT2D eigenvalue weighted by molar-refractivity contribution is 0.183. The molecule has 1 saturated heterocycles. The van der Waals surface area contributed by atoms with Gasteiger partial charge in [-0.3, -0.25) is 0 Å². The standard InChI is InChI=1S/C17H27N3O2/c1-12(2)16-11-14(19-22-16)15-9-6-10-20(15)17(21)18-13-7-4-3-5-8-13/h11-13,15H,3-10H2,1-2H3,(H,18,21)/t15-/m1/s1. The molecule has 3 rings (SSSR count). The normalized spacial score (nSPS) is 23.2. The first kappa shape index (κ1) is 15.4. The number of hydrogen-bond acceptors (Lipinski definition) is 3. The second-order valence-corrected chi connectivity index (χ2v) is 6.94. The van der Waals surface area contributed by atoms with Gasteiger partial charge in [-0.15, -0.1) is 0 Å². The average molecular weight is 305 g/mol. The number of aromatic nitrogens is 1. The van der Waals surface area contributed by atoms with Gasteiger partial charge in [0.05, 0.1) is 6.04 Å². The van der Waals surface area contributed by atoms with Gasteiger partial charge in [0.15, 0.2) is 0 Å². The van der Waals surface area contributed by atoms with Crippen molar-refractivity contribution >= 4 is 6.03 Å². The molecule has 0 radical (unpaired) electrons. The summed E-state index contributed by atoms with van der Waals surface area (Å²) < 4.78 is 5.41. The Morgan fingerprint density at radius 2 is 2.05 bits per heavy atom. The van der Waals surface area contributed by atoms with Crippen LogP contribution in [0.1, 0.15) is 82.2 Å². The Bertz CT molecular complexity index is 506. The summed E-state index contributed by atoms with van der Waals surface area (Å²) in [5.41, 5.74) is 0.903. The molecular formula is C17H27N3O2. The molecule has 1 atom stereocenters. The molecule has 1 aromatic heterocycles. The molecule has 0 spiro atoms. The van der Waals surface area contributed by atoms with E-state index >= 15 is 0 Å². The van der Waals surface area contributed by atoms with Crippen LogP contribution in [-0.4, -0.2) is 28.7 Å². The molecule has 1 saturated carbocycles. The molecule has 0 aromatic carbocycles. The highest BCUT2D eigenvalue weighted by Crippen LogP contribution is 2.33. The van der Waals surface area contributed by atoms with Gasteiger partial charge in [-0.05, 0) is 25.7 Å². The molecule has 2 amide bonds. The number of nitrogens with zero attached hydrogens (tertiary/aromatic N) is 2. The highest BCUT2D eigenvalue weighted by molar-refractivity contribution is 5.75. The van der Waals surface area contributed by atoms with Gasteiger partial charge in [-0.25, -0.2) is 4.79 Å². The van der Waals surface area contributed by atoms with E-state index in [9.17, 15) is 4.79 Å². The Labute approximate surface area is 132 Å². The van der Waals surface area contributed by atoms with Gasteiger partial charge < -0.3 is 14.7 Å². The SMILES string of the molecule is CC(C)c1cc([C@H]2CCCN2C(=O)NC2CCCCC2)no1. The lowest BCUT2D eigenvalue weighted by atomic mass is 9.96. The third-order valence-corrected chi connectivity index (χ3v) is 4.90. The number of hydrogen-bond donors (Lipinski definition) is 1. The molecule has 1 aromatic rings. The predicted octanol–water partition coefficient (Wildman–Crippen LogP) is 3.98. The Kier molecular flexibility index (Phi) is 4.69. The monoisotopic (exact) mass is 305 g/mol. The number of amides is 2. The van der Waals surface area contributed by atoms with E-state index in [0.29, 0.717) is 12.0 Å². The topological polar surface area (TPSA) is 58.4 Å². The minimum atomic E-state index is 0.0693. The molecule has 122 valence electrons. The molecule has 0 unspecified atom stereocenters. The van der Waals surface area contributed by atoms with Crippen molar-refractivity contribution in [2.24, 2.45) is 0 Å². The second kappa shape index (κ2) is 6.71. The van der Waals surface area contributed by atoms with Crippen LogP contribution >= 0.6 is 0 Å². The molecule has 22 heavy (non-hydrogen) atoms. The largest absolute Gasteiger partial charge is 0.361 e. The lowest BCUT2D eigenvalue weighted by Crippen LogP contribution is -2.45. The Morgan fingerprint density at radius 3 is 2.73 bits per heavy atom. The fraction of sp³-hybridized carbons (Fsp3) is 0.765. The quantitative estimate of drug-likeness (QED) is 0.919. The fourth-order valence-corrected chi connectivity index (χ4v) is 3.55. The summed E-state index contributed by atoms with van der Waals surface area (Å²) in [6, 6.07) is 2.51. The van der Waals surface area contributed by atoms with Crippen LogP contribution in [0.5, 0.6) is 0 Å². The van der Waals surface area contributed by atoms with Crippen LogP contribution < -0.4 is 5.32 Å². The van der Waals surface area contributed by atoms with E-state index in [-0.39, 0.29) is 12.1 Å². The van der Waals surface area contributed by atoms with Crippen LogP contribution in [0.15, 0.2) is 10.6 Å². The van der Waals surface area contributed by atoms with Crippen molar-refractivity contribution < 1.29 is 9.32 Å². The molecule has 2 heterocycles. The Morgan fingerprint density at radius 1 is 1.27 bits per heavy atom. The molecule has 1 aliphatic carbocycles. The maximum atomic E-state index is 12.6. The van der Waals surface area contributed by atoms with E-state index in [1.807, 2.05) is 11.0 Å². The van der Waals surface area contributed by atoms with E-state index in [4.69, 9.17) is 4.52 Å². The molecule has 2 aliphatic rings. The molecular weight excluding hydrogens is 278 g/mol. The average Bonchev–Trinajstić information content (AvgIpc) is 3.17. The van der Waals surface area contributed by atoms with E-state index in [1.54, 1.807) is 0 Å². The van der Waals surface area contributed by atoms with Crippen LogP contribution in [0.25, 0.3) is 0 Å². The zero-order chi connectivity index (χ0) is 15.5. The summed E-state index contributed by atoms with van der Waals surface area (Å²) in [4.78, 5) is 14.5. The maximum absolute atomic E-state index is 12.6. The molecule has 2 fully saturated rings. The van der Waals surface area contributed by atoms with Gasteiger partial charge in [0.25, 0.3) is 0 Å². The minimum absolute atomic E-state index is 0.0693. The summed E-state index contributed by atoms with van der Waals surface area (Å²) in [5, 5.41) is 7.42. The van der Waals surface area contributed by atoms with Gasteiger partial charge in [0.2, 0.25) is 0 Å². The van der Waals surface area contributed by atoms with Crippen LogP contribution in [-0.2, 0) is 0 Å². The fourth-order valence-electron chi connectivity index (χ4n) is 3.55. The van der Waals surface area contributed by atoms with Crippen LogP contribution in [0.3, 0.4) is 0 Å². The van der Waals surface area contributed by atoms with Crippen molar-refractivity contribution in [3.05, 3.63) is 17.5 Å².